The molecule has 0 bridgehead atoms. The lowest BCUT2D eigenvalue weighted by atomic mass is 10.2. The van der Waals surface area contributed by atoms with Crippen LogP contribution in [0.2, 0.25) is 0 Å². The van der Waals surface area contributed by atoms with Crippen molar-refractivity contribution in [2.75, 3.05) is 31.6 Å². The lowest BCUT2D eigenvalue weighted by molar-refractivity contribution is -0.115. The van der Waals surface area contributed by atoms with Gasteiger partial charge in [0.05, 0.1) is 31.0 Å². The molecular weight excluding hydrogens is 399 g/mol. The van der Waals surface area contributed by atoms with Crippen LogP contribution in [0.5, 0.6) is 0 Å². The number of thiazole rings is 2. The number of nitrogens with one attached hydrogen (secondary N) is 1. The van der Waals surface area contributed by atoms with Crippen LogP contribution in [0.1, 0.15) is 11.4 Å². The van der Waals surface area contributed by atoms with Crippen LogP contribution in [0.25, 0.3) is 10.6 Å². The van der Waals surface area contributed by atoms with Crippen molar-refractivity contribution in [1.82, 2.24) is 14.9 Å². The molecule has 0 unspecified atom stereocenters. The van der Waals surface area contributed by atoms with Gasteiger partial charge in [0.1, 0.15) is 10.8 Å². The van der Waals surface area contributed by atoms with Gasteiger partial charge < -0.3 is 10.1 Å². The fourth-order valence-electron chi connectivity index (χ4n) is 2.87. The van der Waals surface area contributed by atoms with Crippen molar-refractivity contribution in [3.63, 3.8) is 0 Å². The predicted octanol–water partition coefficient (Wildman–Crippen LogP) is 3.42. The molecule has 2 aromatic heterocycles. The number of halogens is 1. The smallest absolute Gasteiger partial charge is 0.232 e. The second-order valence-electron chi connectivity index (χ2n) is 6.41. The highest BCUT2D eigenvalue weighted by Gasteiger charge is 2.14. The summed E-state index contributed by atoms with van der Waals surface area (Å²) in [7, 11) is 0. The van der Waals surface area contributed by atoms with Crippen molar-refractivity contribution in [1.29, 1.82) is 0 Å². The molecule has 3 heterocycles. The highest BCUT2D eigenvalue weighted by Crippen LogP contribution is 2.24. The molecule has 1 N–H and O–H groups in total. The third kappa shape index (κ3) is 4.99. The average Bonchev–Trinajstić information content (AvgIpc) is 3.33. The summed E-state index contributed by atoms with van der Waals surface area (Å²) in [5, 5.41) is 8.04. The van der Waals surface area contributed by atoms with Gasteiger partial charge in [0, 0.05) is 36.0 Å². The Balaban J connectivity index is 1.31. The molecule has 0 saturated carbocycles. The normalized spacial score (nSPS) is 14.9. The summed E-state index contributed by atoms with van der Waals surface area (Å²) in [6, 6.07) is 6.17. The number of amides is 1. The monoisotopic (exact) mass is 418 g/mol. The minimum absolute atomic E-state index is 0.150. The van der Waals surface area contributed by atoms with Crippen LogP contribution in [0, 0.1) is 5.82 Å². The first-order valence-corrected chi connectivity index (χ1v) is 10.7. The van der Waals surface area contributed by atoms with Crippen LogP contribution < -0.4 is 5.32 Å². The molecule has 0 aliphatic carbocycles. The molecule has 1 aliphatic rings. The highest BCUT2D eigenvalue weighted by atomic mass is 32.1. The quantitative estimate of drug-likeness (QED) is 0.664. The zero-order chi connectivity index (χ0) is 19.3. The summed E-state index contributed by atoms with van der Waals surface area (Å²) >= 11 is 2.86. The van der Waals surface area contributed by atoms with Gasteiger partial charge in [-0.15, -0.1) is 22.7 Å². The van der Waals surface area contributed by atoms with Gasteiger partial charge in [0.25, 0.3) is 0 Å². The molecule has 0 radical (unpaired) electrons. The van der Waals surface area contributed by atoms with E-state index in [1.54, 1.807) is 12.1 Å². The maximum atomic E-state index is 13.0. The molecule has 0 atom stereocenters. The van der Waals surface area contributed by atoms with E-state index in [-0.39, 0.29) is 18.1 Å². The minimum atomic E-state index is -0.281. The van der Waals surface area contributed by atoms with Gasteiger partial charge >= 0.3 is 0 Å². The van der Waals surface area contributed by atoms with E-state index in [9.17, 15) is 9.18 Å². The van der Waals surface area contributed by atoms with Crippen LogP contribution >= 0.6 is 22.7 Å². The molecule has 1 amide bonds. The Morgan fingerprint density at radius 3 is 2.64 bits per heavy atom. The third-order valence-electron chi connectivity index (χ3n) is 4.27. The number of hydrogen-bond donors (Lipinski definition) is 1. The average molecular weight is 419 g/mol. The zero-order valence-electron chi connectivity index (χ0n) is 15.1. The molecule has 0 spiro atoms. The maximum Gasteiger partial charge on any atom is 0.232 e. The van der Waals surface area contributed by atoms with Gasteiger partial charge in [-0.3, -0.25) is 9.69 Å². The van der Waals surface area contributed by atoms with Gasteiger partial charge in [-0.25, -0.2) is 14.4 Å². The van der Waals surface area contributed by atoms with E-state index in [4.69, 9.17) is 4.74 Å². The minimum Gasteiger partial charge on any atom is -0.379 e. The fourth-order valence-corrected chi connectivity index (χ4v) is 4.41. The van der Waals surface area contributed by atoms with E-state index >= 15 is 0 Å². The Labute approximate surface area is 170 Å². The van der Waals surface area contributed by atoms with Gasteiger partial charge in [-0.2, -0.15) is 0 Å². The van der Waals surface area contributed by atoms with Gasteiger partial charge in [-0.05, 0) is 24.3 Å². The Morgan fingerprint density at radius 2 is 1.86 bits per heavy atom. The fraction of sp³-hybridized carbons (Fsp3) is 0.316. The van der Waals surface area contributed by atoms with Crippen molar-refractivity contribution in [2.45, 2.75) is 13.0 Å². The number of carbonyl (C=O) groups is 1. The molecule has 146 valence electrons. The standard InChI is InChI=1S/C19H19FN4O2S2/c20-14-3-1-13(2-4-14)18-21-15(11-27-18)9-17(25)23-19-22-16(12-28-19)10-24-5-7-26-8-6-24/h1-4,11-12H,5-10H2,(H,22,23,25). The van der Waals surface area contributed by atoms with E-state index in [1.165, 1.54) is 34.8 Å². The van der Waals surface area contributed by atoms with Crippen molar-refractivity contribution in [3.05, 3.63) is 52.2 Å². The van der Waals surface area contributed by atoms with Crippen molar-refractivity contribution in [2.24, 2.45) is 0 Å². The Kier molecular flexibility index (Phi) is 6.06. The predicted molar refractivity (Wildman–Crippen MR) is 108 cm³/mol. The molecule has 28 heavy (non-hydrogen) atoms. The van der Waals surface area contributed by atoms with Crippen LogP contribution in [-0.2, 0) is 22.5 Å². The molecule has 1 saturated heterocycles. The number of nitrogens with zero attached hydrogens (tertiary/aromatic N) is 3. The van der Waals surface area contributed by atoms with Gasteiger partial charge in [0.2, 0.25) is 5.91 Å². The molecule has 1 aromatic carbocycles. The number of aromatic nitrogens is 2. The van der Waals surface area contributed by atoms with Gasteiger partial charge in [0.15, 0.2) is 5.13 Å². The lowest BCUT2D eigenvalue weighted by Gasteiger charge is -2.25. The Morgan fingerprint density at radius 1 is 1.11 bits per heavy atom. The number of carbonyl (C=O) groups excluding carboxylic acids is 1. The van der Waals surface area contributed by atoms with Crippen LogP contribution in [0.3, 0.4) is 0 Å². The van der Waals surface area contributed by atoms with E-state index in [0.717, 1.165) is 49.1 Å². The summed E-state index contributed by atoms with van der Waals surface area (Å²) < 4.78 is 18.4. The topological polar surface area (TPSA) is 67.4 Å². The first kappa shape index (κ1) is 19.1. The van der Waals surface area contributed by atoms with Gasteiger partial charge in [-0.1, -0.05) is 0 Å². The van der Waals surface area contributed by atoms with Crippen molar-refractivity contribution >= 4 is 33.7 Å². The third-order valence-corrected chi connectivity index (χ3v) is 6.02. The maximum absolute atomic E-state index is 13.0. The number of morpholine rings is 1. The summed E-state index contributed by atoms with van der Waals surface area (Å²) in [6.07, 6.45) is 0.177. The molecule has 6 nitrogen and oxygen atoms in total. The Hall–Kier alpha value is -2.20. The number of hydrogen-bond acceptors (Lipinski definition) is 7. The largest absolute Gasteiger partial charge is 0.379 e. The van der Waals surface area contributed by atoms with E-state index < -0.39 is 0 Å². The summed E-state index contributed by atoms with van der Waals surface area (Å²) in [6.45, 7) is 4.07. The second-order valence-corrected chi connectivity index (χ2v) is 8.12. The summed E-state index contributed by atoms with van der Waals surface area (Å²) in [5.41, 5.74) is 2.48. The first-order chi connectivity index (χ1) is 13.7. The number of rotatable bonds is 6. The van der Waals surface area contributed by atoms with E-state index in [0.29, 0.717) is 10.8 Å². The van der Waals surface area contributed by atoms with Crippen molar-refractivity contribution in [3.8, 4) is 10.6 Å². The Bertz CT molecular complexity index is 936. The van der Waals surface area contributed by atoms with E-state index in [2.05, 4.69) is 20.2 Å². The molecular formula is C19H19FN4O2S2. The number of anilines is 1. The number of ether oxygens (including phenoxy) is 1. The highest BCUT2D eigenvalue weighted by molar-refractivity contribution is 7.14. The summed E-state index contributed by atoms with van der Waals surface area (Å²) in [4.78, 5) is 23.6. The zero-order valence-corrected chi connectivity index (χ0v) is 16.7. The molecule has 9 heteroatoms. The molecule has 1 aliphatic heterocycles. The molecule has 1 fully saturated rings. The van der Waals surface area contributed by atoms with Crippen LogP contribution in [-0.4, -0.2) is 47.1 Å². The van der Waals surface area contributed by atoms with Crippen molar-refractivity contribution < 1.29 is 13.9 Å². The number of benzene rings is 1. The molecule has 3 aromatic rings. The first-order valence-electron chi connectivity index (χ1n) is 8.90. The lowest BCUT2D eigenvalue weighted by Crippen LogP contribution is -2.35. The SMILES string of the molecule is O=C(Cc1csc(-c2ccc(F)cc2)n1)Nc1nc(CN2CCOCC2)cs1. The van der Waals surface area contributed by atoms with Crippen LogP contribution in [0.15, 0.2) is 35.0 Å². The second kappa shape index (κ2) is 8.87. The van der Waals surface area contributed by atoms with Crippen LogP contribution in [0.4, 0.5) is 9.52 Å². The molecule has 4 rings (SSSR count). The van der Waals surface area contributed by atoms with E-state index in [1.807, 2.05) is 10.8 Å². The summed E-state index contributed by atoms with van der Waals surface area (Å²) in [5.74, 6) is -0.431.